The number of phenolic OH excluding ortho intramolecular Hbond substituents is 1. The molecule has 0 amide bonds. The summed E-state index contributed by atoms with van der Waals surface area (Å²) in [5.74, 6) is 1.65. The number of benzene rings is 2. The van der Waals surface area contributed by atoms with Crippen molar-refractivity contribution in [2.75, 3.05) is 13.7 Å². The van der Waals surface area contributed by atoms with Crippen molar-refractivity contribution in [2.45, 2.75) is 20.1 Å². The molecular weight excluding hydrogens is 266 g/mol. The molecule has 0 unspecified atom stereocenters. The van der Waals surface area contributed by atoms with Gasteiger partial charge in [0.05, 0.1) is 7.11 Å². The van der Waals surface area contributed by atoms with E-state index in [4.69, 9.17) is 9.47 Å². The molecule has 4 heteroatoms. The molecule has 0 saturated heterocycles. The molecule has 2 aromatic carbocycles. The Balaban J connectivity index is 2.09. The maximum atomic E-state index is 9.46. The van der Waals surface area contributed by atoms with Crippen LogP contribution in [0.5, 0.6) is 17.2 Å². The fourth-order valence-electron chi connectivity index (χ4n) is 2.02. The topological polar surface area (TPSA) is 50.7 Å². The van der Waals surface area contributed by atoms with Crippen LogP contribution >= 0.6 is 0 Å². The third kappa shape index (κ3) is 4.39. The molecular formula is C17H21NO3. The molecule has 0 spiro atoms. The standard InChI is InChI=1S/C17H21NO3/c1-3-18-11-13-7-8-16(20-2)17(10-13)21-12-14-5-4-6-15(19)9-14/h4-10,18-19H,3,11-12H2,1-2H3. The molecule has 2 rings (SSSR count). The van der Waals surface area contributed by atoms with Gasteiger partial charge in [0.25, 0.3) is 0 Å². The molecule has 21 heavy (non-hydrogen) atoms. The average molecular weight is 287 g/mol. The lowest BCUT2D eigenvalue weighted by Gasteiger charge is -2.13. The van der Waals surface area contributed by atoms with Gasteiger partial charge in [-0.15, -0.1) is 0 Å². The van der Waals surface area contributed by atoms with E-state index in [9.17, 15) is 5.11 Å². The van der Waals surface area contributed by atoms with Crippen molar-refractivity contribution >= 4 is 0 Å². The van der Waals surface area contributed by atoms with Crippen LogP contribution in [0.25, 0.3) is 0 Å². The summed E-state index contributed by atoms with van der Waals surface area (Å²) in [4.78, 5) is 0. The Bertz CT molecular complexity index is 584. The number of methoxy groups -OCH3 is 1. The molecule has 0 radical (unpaired) electrons. The second-order valence-corrected chi connectivity index (χ2v) is 4.72. The Morgan fingerprint density at radius 1 is 1.05 bits per heavy atom. The summed E-state index contributed by atoms with van der Waals surface area (Å²) < 4.78 is 11.1. The van der Waals surface area contributed by atoms with E-state index in [1.165, 1.54) is 0 Å². The van der Waals surface area contributed by atoms with Gasteiger partial charge in [-0.3, -0.25) is 0 Å². The Kier molecular flexibility index (Phi) is 5.46. The number of nitrogens with one attached hydrogen (secondary N) is 1. The van der Waals surface area contributed by atoms with E-state index in [1.807, 2.05) is 24.3 Å². The minimum absolute atomic E-state index is 0.240. The normalized spacial score (nSPS) is 10.4. The highest BCUT2D eigenvalue weighted by Crippen LogP contribution is 2.29. The van der Waals surface area contributed by atoms with Crippen LogP contribution in [0.2, 0.25) is 0 Å². The lowest BCUT2D eigenvalue weighted by atomic mass is 10.2. The molecule has 0 atom stereocenters. The van der Waals surface area contributed by atoms with Gasteiger partial charge >= 0.3 is 0 Å². The number of ether oxygens (including phenoxy) is 2. The van der Waals surface area contributed by atoms with Crippen LogP contribution in [0.3, 0.4) is 0 Å². The van der Waals surface area contributed by atoms with Gasteiger partial charge < -0.3 is 19.9 Å². The Morgan fingerprint density at radius 3 is 2.62 bits per heavy atom. The predicted octanol–water partition coefficient (Wildman–Crippen LogP) is 3.09. The van der Waals surface area contributed by atoms with E-state index in [1.54, 1.807) is 25.3 Å². The molecule has 2 aromatic rings. The largest absolute Gasteiger partial charge is 0.508 e. The van der Waals surface area contributed by atoms with E-state index in [0.29, 0.717) is 18.1 Å². The molecule has 0 aliphatic heterocycles. The highest BCUT2D eigenvalue weighted by molar-refractivity contribution is 5.43. The quantitative estimate of drug-likeness (QED) is 0.821. The summed E-state index contributed by atoms with van der Waals surface area (Å²) in [6, 6.07) is 12.9. The second-order valence-electron chi connectivity index (χ2n) is 4.72. The zero-order valence-corrected chi connectivity index (χ0v) is 12.4. The molecule has 4 nitrogen and oxygen atoms in total. The van der Waals surface area contributed by atoms with Crippen LogP contribution in [0.4, 0.5) is 0 Å². The van der Waals surface area contributed by atoms with Gasteiger partial charge in [-0.1, -0.05) is 25.1 Å². The van der Waals surface area contributed by atoms with Crippen LogP contribution in [-0.4, -0.2) is 18.8 Å². The monoisotopic (exact) mass is 287 g/mol. The molecule has 0 aromatic heterocycles. The van der Waals surface area contributed by atoms with Crippen molar-refractivity contribution in [3.63, 3.8) is 0 Å². The first kappa shape index (κ1) is 15.2. The number of aromatic hydroxyl groups is 1. The van der Waals surface area contributed by atoms with E-state index >= 15 is 0 Å². The lowest BCUT2D eigenvalue weighted by molar-refractivity contribution is 0.283. The smallest absolute Gasteiger partial charge is 0.161 e. The van der Waals surface area contributed by atoms with Crippen LogP contribution in [0.15, 0.2) is 42.5 Å². The van der Waals surface area contributed by atoms with Crippen molar-refractivity contribution < 1.29 is 14.6 Å². The minimum Gasteiger partial charge on any atom is -0.508 e. The van der Waals surface area contributed by atoms with Gasteiger partial charge in [0.15, 0.2) is 11.5 Å². The SMILES string of the molecule is CCNCc1ccc(OC)c(OCc2cccc(O)c2)c1. The number of hydrogen-bond donors (Lipinski definition) is 2. The molecule has 0 heterocycles. The van der Waals surface area contributed by atoms with Crippen LogP contribution in [-0.2, 0) is 13.2 Å². The zero-order chi connectivity index (χ0) is 15.1. The van der Waals surface area contributed by atoms with Crippen LogP contribution < -0.4 is 14.8 Å². The van der Waals surface area contributed by atoms with E-state index < -0.39 is 0 Å². The maximum absolute atomic E-state index is 9.46. The fraction of sp³-hybridized carbons (Fsp3) is 0.294. The third-order valence-electron chi connectivity index (χ3n) is 3.11. The van der Waals surface area contributed by atoms with Gasteiger partial charge in [0.2, 0.25) is 0 Å². The first-order chi connectivity index (χ1) is 10.2. The summed E-state index contributed by atoms with van der Waals surface area (Å²) in [5, 5.41) is 12.7. The number of hydrogen-bond acceptors (Lipinski definition) is 4. The van der Waals surface area contributed by atoms with Crippen molar-refractivity contribution in [2.24, 2.45) is 0 Å². The van der Waals surface area contributed by atoms with Gasteiger partial charge in [0, 0.05) is 6.54 Å². The van der Waals surface area contributed by atoms with Crippen LogP contribution in [0, 0.1) is 0 Å². The van der Waals surface area contributed by atoms with Crippen LogP contribution in [0.1, 0.15) is 18.1 Å². The molecule has 2 N–H and O–H groups in total. The zero-order valence-electron chi connectivity index (χ0n) is 12.4. The summed E-state index contributed by atoms with van der Waals surface area (Å²) in [6.07, 6.45) is 0. The van der Waals surface area contributed by atoms with Crippen molar-refractivity contribution in [3.8, 4) is 17.2 Å². The first-order valence-corrected chi connectivity index (χ1v) is 7.01. The second kappa shape index (κ2) is 7.55. The molecule has 0 saturated carbocycles. The van der Waals surface area contributed by atoms with Gasteiger partial charge in [-0.2, -0.15) is 0 Å². The van der Waals surface area contributed by atoms with E-state index in [-0.39, 0.29) is 5.75 Å². The van der Waals surface area contributed by atoms with Gasteiger partial charge in [-0.25, -0.2) is 0 Å². The third-order valence-corrected chi connectivity index (χ3v) is 3.11. The molecule has 0 fully saturated rings. The molecule has 0 aliphatic carbocycles. The predicted molar refractivity (Wildman–Crippen MR) is 82.8 cm³/mol. The maximum Gasteiger partial charge on any atom is 0.161 e. The number of phenols is 1. The summed E-state index contributed by atoms with van der Waals surface area (Å²) in [6.45, 7) is 4.17. The summed E-state index contributed by atoms with van der Waals surface area (Å²) in [5.41, 5.74) is 2.05. The Labute approximate surface area is 125 Å². The average Bonchev–Trinajstić information content (AvgIpc) is 2.51. The Morgan fingerprint density at radius 2 is 1.90 bits per heavy atom. The van der Waals surface area contributed by atoms with Crippen molar-refractivity contribution in [1.82, 2.24) is 5.32 Å². The first-order valence-electron chi connectivity index (χ1n) is 7.01. The van der Waals surface area contributed by atoms with Crippen molar-refractivity contribution in [3.05, 3.63) is 53.6 Å². The van der Waals surface area contributed by atoms with Gasteiger partial charge in [-0.05, 0) is 41.9 Å². The Hall–Kier alpha value is -2.20. The number of rotatable bonds is 7. The molecule has 0 bridgehead atoms. The molecule has 0 aliphatic rings. The highest BCUT2D eigenvalue weighted by Gasteiger charge is 2.06. The summed E-state index contributed by atoms with van der Waals surface area (Å²) >= 11 is 0. The fourth-order valence-corrected chi connectivity index (χ4v) is 2.02. The lowest BCUT2D eigenvalue weighted by Crippen LogP contribution is -2.11. The summed E-state index contributed by atoms with van der Waals surface area (Å²) in [7, 11) is 1.63. The van der Waals surface area contributed by atoms with E-state index in [0.717, 1.165) is 24.2 Å². The van der Waals surface area contributed by atoms with Crippen molar-refractivity contribution in [1.29, 1.82) is 0 Å². The van der Waals surface area contributed by atoms with E-state index in [2.05, 4.69) is 12.2 Å². The minimum atomic E-state index is 0.240. The molecule has 112 valence electrons. The highest BCUT2D eigenvalue weighted by atomic mass is 16.5. The van der Waals surface area contributed by atoms with Gasteiger partial charge in [0.1, 0.15) is 12.4 Å².